The average Bonchev–Trinajstić information content (AvgIpc) is 2.14. The zero-order valence-electron chi connectivity index (χ0n) is 9.70. The zero-order chi connectivity index (χ0) is 12.0. The highest BCUT2D eigenvalue weighted by Crippen LogP contribution is 2.04. The van der Waals surface area contributed by atoms with Crippen molar-refractivity contribution in [3.05, 3.63) is 0 Å². The van der Waals surface area contributed by atoms with Crippen LogP contribution in [0, 0.1) is 5.92 Å². The van der Waals surface area contributed by atoms with Crippen molar-refractivity contribution < 1.29 is 16.1 Å². The van der Waals surface area contributed by atoms with Crippen LogP contribution in [0.3, 0.4) is 0 Å². The minimum atomic E-state index is -1.05. The Balaban J connectivity index is 4.29. The molecule has 0 heterocycles. The molecule has 5 heteroatoms. The van der Waals surface area contributed by atoms with E-state index in [1.165, 1.54) is 6.92 Å². The summed E-state index contributed by atoms with van der Waals surface area (Å²) in [6, 6.07) is -1.59. The lowest BCUT2D eigenvalue weighted by molar-refractivity contribution is -0.142. The molecule has 0 saturated heterocycles. The normalized spacial score (nSPS) is 15.9. The van der Waals surface area contributed by atoms with E-state index >= 15 is 0 Å². The summed E-state index contributed by atoms with van der Waals surface area (Å²) in [7, 11) is 0. The van der Waals surface area contributed by atoms with E-state index in [1.54, 1.807) is 0 Å². The summed E-state index contributed by atoms with van der Waals surface area (Å²) in [6.07, 6.45) is 0.381. The molecule has 0 aromatic carbocycles. The van der Waals surface area contributed by atoms with E-state index in [0.29, 0.717) is 6.42 Å². The zero-order valence-corrected chi connectivity index (χ0v) is 8.70. The van der Waals surface area contributed by atoms with Crippen LogP contribution in [0.2, 0.25) is 1.41 Å². The molecular formula is C9H18N2O3. The Bertz CT molecular complexity index is 233. The summed E-state index contributed by atoms with van der Waals surface area (Å²) in [6.45, 7) is 5.26. The fourth-order valence-electron chi connectivity index (χ4n) is 0.990. The molecule has 82 valence electrons. The average molecular weight is 203 g/mol. The number of nitrogens with one attached hydrogen (secondary N) is 1. The highest BCUT2D eigenvalue weighted by Gasteiger charge is 2.22. The van der Waals surface area contributed by atoms with Gasteiger partial charge >= 0.3 is 5.97 Å². The molecule has 2 atom stereocenters. The summed E-state index contributed by atoms with van der Waals surface area (Å²) in [5, 5.41) is 11.2. The molecular weight excluding hydrogens is 184 g/mol. The second-order valence-corrected chi connectivity index (χ2v) is 3.75. The largest absolute Gasteiger partial charge is 0.480 e. The third-order valence-electron chi connectivity index (χ3n) is 1.71. The lowest BCUT2D eigenvalue weighted by Gasteiger charge is -2.17. The van der Waals surface area contributed by atoms with Gasteiger partial charge in [0.2, 0.25) is 5.91 Å². The molecule has 14 heavy (non-hydrogen) atoms. The third kappa shape index (κ3) is 4.81. The molecule has 4 N–H and O–H groups in total. The van der Waals surface area contributed by atoms with Gasteiger partial charge in [-0.05, 0) is 19.3 Å². The molecule has 0 radical (unpaired) electrons. The van der Waals surface area contributed by atoms with Gasteiger partial charge in [0, 0.05) is 0 Å². The second-order valence-electron chi connectivity index (χ2n) is 3.75. The predicted octanol–water partition coefficient (Wildman–Crippen LogP) is -0.0509. The van der Waals surface area contributed by atoms with Gasteiger partial charge in [0.25, 0.3) is 0 Å². The van der Waals surface area contributed by atoms with Gasteiger partial charge in [0.05, 0.1) is 6.04 Å². The van der Waals surface area contributed by atoms with E-state index in [-0.39, 0.29) is 5.92 Å². The van der Waals surface area contributed by atoms with Crippen molar-refractivity contribution in [2.24, 2.45) is 11.6 Å². The Hall–Kier alpha value is -1.10. The van der Waals surface area contributed by atoms with Crippen LogP contribution in [0.25, 0.3) is 0 Å². The number of carboxylic acids is 1. The van der Waals surface area contributed by atoms with Crippen molar-refractivity contribution in [1.29, 1.82) is 0 Å². The van der Waals surface area contributed by atoms with Crippen LogP contribution in [-0.4, -0.2) is 29.1 Å². The van der Waals surface area contributed by atoms with Crippen LogP contribution in [0.4, 0.5) is 0 Å². The monoisotopic (exact) mass is 203 g/mol. The van der Waals surface area contributed by atoms with Crippen LogP contribution in [0.15, 0.2) is 0 Å². The van der Waals surface area contributed by atoms with Gasteiger partial charge < -0.3 is 16.2 Å². The number of rotatable bonds is 6. The minimum Gasteiger partial charge on any atom is -0.480 e. The summed E-state index contributed by atoms with van der Waals surface area (Å²) in [5.41, 5.74) is 2.01. The summed E-state index contributed by atoms with van der Waals surface area (Å²) < 4.78 is 6.77. The minimum absolute atomic E-state index is 0.186. The number of carbonyl (C=O) groups excluding carboxylic acids is 1. The number of amides is 1. The molecule has 0 fully saturated rings. The highest BCUT2D eigenvalue weighted by atomic mass is 16.4. The smallest absolute Gasteiger partial charge is 0.326 e. The first-order chi connectivity index (χ1) is 6.88. The maximum Gasteiger partial charge on any atom is 0.326 e. The van der Waals surface area contributed by atoms with E-state index in [4.69, 9.17) is 6.52 Å². The van der Waals surface area contributed by atoms with Gasteiger partial charge in [-0.2, -0.15) is 0 Å². The van der Waals surface area contributed by atoms with E-state index in [0.717, 1.165) is 0 Å². The number of carbonyl (C=O) groups is 2. The molecule has 0 bridgehead atoms. The predicted molar refractivity (Wildman–Crippen MR) is 52.7 cm³/mol. The van der Waals surface area contributed by atoms with Crippen LogP contribution in [-0.2, 0) is 9.59 Å². The van der Waals surface area contributed by atoms with Crippen LogP contribution in [0.5, 0.6) is 0 Å². The van der Waals surface area contributed by atoms with E-state index in [9.17, 15) is 9.59 Å². The molecule has 0 aromatic rings. The van der Waals surface area contributed by atoms with Crippen LogP contribution in [0.1, 0.15) is 27.2 Å². The first-order valence-electron chi connectivity index (χ1n) is 5.09. The molecule has 0 rings (SSSR count). The lowest BCUT2D eigenvalue weighted by atomic mass is 10.0. The van der Waals surface area contributed by atoms with Crippen molar-refractivity contribution in [2.45, 2.75) is 39.3 Å². The summed E-state index contributed by atoms with van der Waals surface area (Å²) in [4.78, 5) is 22.1. The van der Waals surface area contributed by atoms with Gasteiger partial charge in [-0.1, -0.05) is 13.8 Å². The van der Waals surface area contributed by atoms with Crippen LogP contribution >= 0.6 is 0 Å². The number of hydrogen-bond donors (Lipinski definition) is 3. The van der Waals surface area contributed by atoms with Gasteiger partial charge in [-0.15, -0.1) is 0 Å². The number of aliphatic carboxylic acids is 1. The molecule has 1 amide bonds. The molecule has 0 aliphatic heterocycles. The quantitative estimate of drug-likeness (QED) is 0.564. The SMILES string of the molecule is [2H]N[C@@H](C)C(=O)N[C@@H](CC(C)C)C(=O)O. The molecule has 0 aliphatic rings. The molecule has 0 saturated carbocycles. The van der Waals surface area contributed by atoms with Crippen molar-refractivity contribution in [3.8, 4) is 0 Å². The topological polar surface area (TPSA) is 92.4 Å². The maximum absolute atomic E-state index is 11.3. The first kappa shape index (κ1) is 11.0. The Kier molecular flexibility index (Phi) is 4.39. The standard InChI is InChI=1S/C9H18N2O3/c1-5(2)4-7(9(13)14)11-8(12)6(3)10/h5-7H,4,10H2,1-3H3,(H,11,12)(H,13,14)/t6-,7-/m0/s1/i/hD. The van der Waals surface area contributed by atoms with E-state index in [2.05, 4.69) is 5.32 Å². The number of carboxylic acid groups (broad SMARTS) is 1. The van der Waals surface area contributed by atoms with Crippen molar-refractivity contribution in [2.75, 3.05) is 0 Å². The Labute approximate surface area is 85.1 Å². The van der Waals surface area contributed by atoms with Crippen molar-refractivity contribution in [1.82, 2.24) is 5.32 Å². The van der Waals surface area contributed by atoms with Gasteiger partial charge in [0.1, 0.15) is 7.45 Å². The first-order valence-corrected chi connectivity index (χ1v) is 4.59. The molecule has 0 aromatic heterocycles. The van der Waals surface area contributed by atoms with Crippen molar-refractivity contribution in [3.63, 3.8) is 0 Å². The van der Waals surface area contributed by atoms with Crippen LogP contribution < -0.4 is 11.0 Å². The number of nitrogens with two attached hydrogens (primary N) is 1. The third-order valence-corrected chi connectivity index (χ3v) is 1.71. The van der Waals surface area contributed by atoms with Crippen molar-refractivity contribution >= 4 is 11.9 Å². The molecule has 0 spiro atoms. The summed E-state index contributed by atoms with van der Waals surface area (Å²) >= 11 is 0. The number of hydrogen-bond acceptors (Lipinski definition) is 3. The van der Waals surface area contributed by atoms with Gasteiger partial charge in [0.15, 0.2) is 0 Å². The summed E-state index contributed by atoms with van der Waals surface area (Å²) in [5.74, 6) is -1.34. The highest BCUT2D eigenvalue weighted by molar-refractivity contribution is 5.86. The second kappa shape index (κ2) is 5.59. The van der Waals surface area contributed by atoms with Gasteiger partial charge in [-0.3, -0.25) is 4.79 Å². The van der Waals surface area contributed by atoms with E-state index < -0.39 is 24.0 Å². The Morgan fingerprint density at radius 3 is 2.43 bits per heavy atom. The fraction of sp³-hybridized carbons (Fsp3) is 0.778. The Morgan fingerprint density at radius 2 is 2.07 bits per heavy atom. The molecule has 0 aliphatic carbocycles. The fourth-order valence-corrected chi connectivity index (χ4v) is 0.990. The molecule has 5 nitrogen and oxygen atoms in total. The lowest BCUT2D eigenvalue weighted by Crippen LogP contribution is -2.47. The Morgan fingerprint density at radius 1 is 1.50 bits per heavy atom. The van der Waals surface area contributed by atoms with E-state index in [1.807, 2.05) is 19.6 Å². The maximum atomic E-state index is 11.3. The molecule has 0 unspecified atom stereocenters. The van der Waals surface area contributed by atoms with Gasteiger partial charge in [-0.25, -0.2) is 4.79 Å².